The van der Waals surface area contributed by atoms with Crippen LogP contribution in [0, 0.1) is 11.3 Å². The van der Waals surface area contributed by atoms with Crippen LogP contribution in [-0.4, -0.2) is 37.5 Å². The number of nitrogens with one attached hydrogen (secondary N) is 1. The van der Waals surface area contributed by atoms with Crippen molar-refractivity contribution in [3.8, 4) is 5.75 Å². The summed E-state index contributed by atoms with van der Waals surface area (Å²) >= 11 is 0. The number of methoxy groups -OCH3 is 1. The summed E-state index contributed by atoms with van der Waals surface area (Å²) in [5, 5.41) is 14.2. The Morgan fingerprint density at radius 1 is 1.30 bits per heavy atom. The molecule has 4 nitrogen and oxygen atoms in total. The van der Waals surface area contributed by atoms with E-state index in [2.05, 4.69) is 5.32 Å². The first-order valence-electron chi connectivity index (χ1n) is 8.91. The van der Waals surface area contributed by atoms with Crippen LogP contribution < -0.4 is 10.1 Å². The molecule has 126 valence electrons. The molecule has 0 bridgehead atoms. The quantitative estimate of drug-likeness (QED) is 0.877. The van der Waals surface area contributed by atoms with Crippen LogP contribution in [0.3, 0.4) is 0 Å². The smallest absolute Gasteiger partial charge is 0.118 e. The Balaban J connectivity index is 1.39. The third kappa shape index (κ3) is 2.48. The van der Waals surface area contributed by atoms with E-state index in [1.54, 1.807) is 7.11 Å². The summed E-state index contributed by atoms with van der Waals surface area (Å²) in [6.07, 6.45) is 6.39. The highest BCUT2D eigenvalue weighted by Crippen LogP contribution is 2.60. The first-order chi connectivity index (χ1) is 11.2. The summed E-state index contributed by atoms with van der Waals surface area (Å²) in [5.74, 6) is 1.47. The lowest BCUT2D eigenvalue weighted by atomic mass is 9.54. The molecule has 4 rings (SSSR count). The van der Waals surface area contributed by atoms with E-state index in [0.29, 0.717) is 30.0 Å². The van der Waals surface area contributed by atoms with Crippen molar-refractivity contribution in [2.45, 2.75) is 50.4 Å². The van der Waals surface area contributed by atoms with E-state index in [4.69, 9.17) is 9.47 Å². The predicted molar refractivity (Wildman–Crippen MR) is 88.5 cm³/mol. The molecular weight excluding hydrogens is 290 g/mol. The van der Waals surface area contributed by atoms with Crippen LogP contribution in [0.25, 0.3) is 0 Å². The van der Waals surface area contributed by atoms with Gasteiger partial charge in [0.05, 0.1) is 19.3 Å². The highest BCUT2D eigenvalue weighted by atomic mass is 16.5. The Kier molecular flexibility index (Phi) is 4.08. The van der Waals surface area contributed by atoms with Gasteiger partial charge in [-0.25, -0.2) is 0 Å². The molecule has 1 aromatic rings. The van der Waals surface area contributed by atoms with E-state index >= 15 is 0 Å². The van der Waals surface area contributed by atoms with Crippen molar-refractivity contribution in [1.82, 2.24) is 5.32 Å². The summed E-state index contributed by atoms with van der Waals surface area (Å²) < 4.78 is 11.2. The van der Waals surface area contributed by atoms with Gasteiger partial charge >= 0.3 is 0 Å². The fourth-order valence-corrected chi connectivity index (χ4v) is 5.19. The maximum atomic E-state index is 10.5. The van der Waals surface area contributed by atoms with Gasteiger partial charge in [0.2, 0.25) is 0 Å². The monoisotopic (exact) mass is 317 g/mol. The minimum absolute atomic E-state index is 0.348. The Hall–Kier alpha value is -1.10. The zero-order valence-corrected chi connectivity index (χ0v) is 13.8. The summed E-state index contributed by atoms with van der Waals surface area (Å²) in [4.78, 5) is 0. The molecule has 23 heavy (non-hydrogen) atoms. The van der Waals surface area contributed by atoms with Crippen LogP contribution in [0.2, 0.25) is 0 Å². The lowest BCUT2D eigenvalue weighted by molar-refractivity contribution is -0.132. The van der Waals surface area contributed by atoms with Gasteiger partial charge in [-0.15, -0.1) is 0 Å². The zero-order chi connectivity index (χ0) is 15.9. The minimum Gasteiger partial charge on any atom is -0.497 e. The maximum Gasteiger partial charge on any atom is 0.118 e. The maximum absolute atomic E-state index is 10.5. The zero-order valence-electron chi connectivity index (χ0n) is 13.8. The number of aliphatic hydroxyl groups is 1. The second kappa shape index (κ2) is 6.08. The highest BCUT2D eigenvalue weighted by molar-refractivity contribution is 5.28. The van der Waals surface area contributed by atoms with Gasteiger partial charge in [0.25, 0.3) is 0 Å². The number of fused-ring (bicyclic) bond motifs is 2. The molecule has 4 heteroatoms. The fourth-order valence-electron chi connectivity index (χ4n) is 5.19. The highest BCUT2D eigenvalue weighted by Gasteiger charge is 2.64. The van der Waals surface area contributed by atoms with E-state index in [1.165, 1.54) is 32.1 Å². The van der Waals surface area contributed by atoms with Gasteiger partial charge < -0.3 is 19.9 Å². The summed E-state index contributed by atoms with van der Waals surface area (Å²) in [5.41, 5.74) is 1.29. The van der Waals surface area contributed by atoms with Crippen LogP contribution in [0.5, 0.6) is 5.75 Å². The third-order valence-electron chi connectivity index (χ3n) is 6.32. The second-order valence-electron chi connectivity index (χ2n) is 7.36. The van der Waals surface area contributed by atoms with E-state index in [9.17, 15) is 5.11 Å². The summed E-state index contributed by atoms with van der Waals surface area (Å²) in [6, 6.07) is 8.21. The Morgan fingerprint density at radius 2 is 2.04 bits per heavy atom. The fraction of sp³-hybridized carbons (Fsp3) is 0.684. The van der Waals surface area contributed by atoms with Crippen molar-refractivity contribution in [2.75, 3.05) is 20.3 Å². The molecule has 4 unspecified atom stereocenters. The van der Waals surface area contributed by atoms with E-state index < -0.39 is 6.10 Å². The molecule has 1 aromatic carbocycles. The van der Waals surface area contributed by atoms with Crippen molar-refractivity contribution in [3.63, 3.8) is 0 Å². The number of ether oxygens (including phenoxy) is 2. The second-order valence-corrected chi connectivity index (χ2v) is 7.36. The largest absolute Gasteiger partial charge is 0.497 e. The Morgan fingerprint density at radius 3 is 2.74 bits per heavy atom. The molecule has 2 saturated carbocycles. The molecular formula is C19H27NO3. The number of hydrogen-bond donors (Lipinski definition) is 2. The Labute approximate surface area is 138 Å². The molecule has 2 aliphatic carbocycles. The van der Waals surface area contributed by atoms with E-state index in [0.717, 1.165) is 17.9 Å². The van der Waals surface area contributed by atoms with Gasteiger partial charge in [-0.05, 0) is 37.0 Å². The van der Waals surface area contributed by atoms with E-state index in [-0.39, 0.29) is 0 Å². The topological polar surface area (TPSA) is 50.7 Å². The van der Waals surface area contributed by atoms with Crippen molar-refractivity contribution in [1.29, 1.82) is 0 Å². The molecule has 0 amide bonds. The van der Waals surface area contributed by atoms with Crippen molar-refractivity contribution < 1.29 is 14.6 Å². The van der Waals surface area contributed by atoms with Gasteiger partial charge in [0.15, 0.2) is 0 Å². The average Bonchev–Trinajstić information content (AvgIpc) is 3.23. The van der Waals surface area contributed by atoms with Gasteiger partial charge in [-0.2, -0.15) is 0 Å². The molecule has 0 radical (unpaired) electrons. The van der Waals surface area contributed by atoms with Gasteiger partial charge in [-0.1, -0.05) is 25.0 Å². The van der Waals surface area contributed by atoms with Crippen molar-refractivity contribution >= 4 is 0 Å². The first-order valence-corrected chi connectivity index (χ1v) is 8.91. The van der Waals surface area contributed by atoms with Crippen LogP contribution in [0.4, 0.5) is 0 Å². The van der Waals surface area contributed by atoms with Crippen LogP contribution in [0.1, 0.15) is 43.8 Å². The molecule has 2 N–H and O–H groups in total. The van der Waals surface area contributed by atoms with Gasteiger partial charge in [-0.3, -0.25) is 0 Å². The lowest BCUT2D eigenvalue weighted by Gasteiger charge is -2.57. The standard InChI is InChI=1S/C19H27NO3/c1-22-14-6-4-13(5-7-14)16(21)12-20-17-15-8-11-23-18(15)19(17)9-2-3-10-19/h4-7,15-18,20-21H,2-3,8-12H2,1H3. The molecule has 4 atom stereocenters. The molecule has 3 aliphatic rings. The minimum atomic E-state index is -0.472. The molecule has 1 spiro atoms. The molecule has 1 aliphatic heterocycles. The molecule has 3 fully saturated rings. The molecule has 1 saturated heterocycles. The van der Waals surface area contributed by atoms with E-state index in [1.807, 2.05) is 24.3 Å². The lowest BCUT2D eigenvalue weighted by Crippen LogP contribution is -2.67. The number of hydrogen-bond acceptors (Lipinski definition) is 4. The number of rotatable bonds is 5. The third-order valence-corrected chi connectivity index (χ3v) is 6.32. The number of aliphatic hydroxyl groups excluding tert-OH is 1. The Bertz CT molecular complexity index is 538. The van der Waals surface area contributed by atoms with Gasteiger partial charge in [0, 0.05) is 30.5 Å². The average molecular weight is 317 g/mol. The summed E-state index contributed by atoms with van der Waals surface area (Å²) in [7, 11) is 1.66. The van der Waals surface area contributed by atoms with Gasteiger partial charge in [0.1, 0.15) is 5.75 Å². The molecule has 1 heterocycles. The number of benzene rings is 1. The molecule has 0 aromatic heterocycles. The van der Waals surface area contributed by atoms with Crippen LogP contribution in [-0.2, 0) is 4.74 Å². The summed E-state index contributed by atoms with van der Waals surface area (Å²) in [6.45, 7) is 1.53. The normalized spacial score (nSPS) is 32.5. The predicted octanol–water partition coefficient (Wildman–Crippen LogP) is 2.67. The van der Waals surface area contributed by atoms with Crippen LogP contribution in [0.15, 0.2) is 24.3 Å². The first kappa shape index (κ1) is 15.4. The van der Waals surface area contributed by atoms with Crippen LogP contribution >= 0.6 is 0 Å². The SMILES string of the molecule is COc1ccc(C(O)CNC2C3CCOC3C23CCCC3)cc1. The van der Waals surface area contributed by atoms with Crippen molar-refractivity contribution in [2.24, 2.45) is 11.3 Å². The van der Waals surface area contributed by atoms with Crippen molar-refractivity contribution in [3.05, 3.63) is 29.8 Å².